The molecule has 0 aliphatic rings. The molecular formula is C12H9Cl2NO2. The Balaban J connectivity index is 2.67. The van der Waals surface area contributed by atoms with Gasteiger partial charge >= 0.3 is 5.97 Å². The van der Waals surface area contributed by atoms with Crippen molar-refractivity contribution in [3.05, 3.63) is 51.8 Å². The molecule has 2 aromatic rings. The van der Waals surface area contributed by atoms with Crippen LogP contribution in [-0.2, 0) is 0 Å². The van der Waals surface area contributed by atoms with Gasteiger partial charge in [0, 0.05) is 11.2 Å². The molecule has 0 saturated heterocycles. The summed E-state index contributed by atoms with van der Waals surface area (Å²) in [4.78, 5) is 11.1. The Hall–Kier alpha value is -1.45. The maximum Gasteiger partial charge on any atom is 0.352 e. The number of hydrogen-bond donors (Lipinski definition) is 1. The second-order valence-corrected chi connectivity index (χ2v) is 4.52. The first-order chi connectivity index (χ1) is 7.99. The van der Waals surface area contributed by atoms with E-state index < -0.39 is 5.97 Å². The van der Waals surface area contributed by atoms with Crippen LogP contribution in [0.4, 0.5) is 0 Å². The molecule has 0 unspecified atom stereocenters. The van der Waals surface area contributed by atoms with E-state index in [9.17, 15) is 4.79 Å². The number of carboxylic acids is 1. The van der Waals surface area contributed by atoms with Crippen LogP contribution in [0.25, 0.3) is 5.69 Å². The van der Waals surface area contributed by atoms with Crippen LogP contribution in [0.15, 0.2) is 30.5 Å². The molecule has 3 nitrogen and oxygen atoms in total. The maximum absolute atomic E-state index is 11.1. The van der Waals surface area contributed by atoms with Crippen molar-refractivity contribution in [1.29, 1.82) is 0 Å². The van der Waals surface area contributed by atoms with E-state index in [1.807, 2.05) is 13.0 Å². The summed E-state index contributed by atoms with van der Waals surface area (Å²) >= 11 is 11.7. The zero-order valence-corrected chi connectivity index (χ0v) is 10.5. The van der Waals surface area contributed by atoms with Gasteiger partial charge in [0.1, 0.15) is 5.69 Å². The Labute approximate surface area is 108 Å². The molecule has 1 heterocycles. The predicted molar refractivity (Wildman–Crippen MR) is 67.5 cm³/mol. The highest BCUT2D eigenvalue weighted by Gasteiger charge is 2.14. The number of benzene rings is 1. The van der Waals surface area contributed by atoms with E-state index in [2.05, 4.69) is 0 Å². The summed E-state index contributed by atoms with van der Waals surface area (Å²) in [5.74, 6) is -1.03. The average Bonchev–Trinajstić information content (AvgIpc) is 2.64. The van der Waals surface area contributed by atoms with Crippen molar-refractivity contribution in [2.45, 2.75) is 6.92 Å². The molecule has 0 bridgehead atoms. The molecule has 1 aromatic heterocycles. The minimum absolute atomic E-state index is 0.111. The third kappa shape index (κ3) is 2.30. The monoisotopic (exact) mass is 269 g/mol. The number of rotatable bonds is 2. The largest absolute Gasteiger partial charge is 0.477 e. The molecule has 1 N–H and O–H groups in total. The molecule has 0 aliphatic heterocycles. The molecule has 0 radical (unpaired) electrons. The van der Waals surface area contributed by atoms with Gasteiger partial charge in [0.05, 0.1) is 10.7 Å². The van der Waals surface area contributed by atoms with Gasteiger partial charge in [0.25, 0.3) is 0 Å². The van der Waals surface area contributed by atoms with Crippen LogP contribution in [-0.4, -0.2) is 15.6 Å². The minimum atomic E-state index is -1.03. The van der Waals surface area contributed by atoms with E-state index in [0.29, 0.717) is 15.7 Å². The standard InChI is InChI=1S/C12H9Cl2NO2/c1-7-2-3-8(13)4-10(7)15-6-9(14)5-11(15)12(16)17/h2-6H,1H3,(H,16,17). The van der Waals surface area contributed by atoms with Crippen molar-refractivity contribution < 1.29 is 9.90 Å². The van der Waals surface area contributed by atoms with Crippen LogP contribution in [0.2, 0.25) is 10.0 Å². The van der Waals surface area contributed by atoms with Crippen LogP contribution >= 0.6 is 23.2 Å². The van der Waals surface area contributed by atoms with Crippen molar-refractivity contribution in [1.82, 2.24) is 4.57 Å². The van der Waals surface area contributed by atoms with Gasteiger partial charge in [0.15, 0.2) is 0 Å². The Kier molecular flexibility index (Phi) is 3.13. The number of aromatic carboxylic acids is 1. The lowest BCUT2D eigenvalue weighted by atomic mass is 10.2. The number of nitrogens with zero attached hydrogens (tertiary/aromatic N) is 1. The Bertz CT molecular complexity index is 590. The predicted octanol–water partition coefficient (Wildman–Crippen LogP) is 3.79. The topological polar surface area (TPSA) is 42.2 Å². The van der Waals surface area contributed by atoms with Crippen LogP contribution in [0.3, 0.4) is 0 Å². The lowest BCUT2D eigenvalue weighted by molar-refractivity contribution is 0.0688. The lowest BCUT2D eigenvalue weighted by Crippen LogP contribution is -2.06. The molecule has 2 rings (SSSR count). The maximum atomic E-state index is 11.1. The smallest absolute Gasteiger partial charge is 0.352 e. The molecule has 17 heavy (non-hydrogen) atoms. The van der Waals surface area contributed by atoms with E-state index in [1.54, 1.807) is 18.3 Å². The summed E-state index contributed by atoms with van der Waals surface area (Å²) in [6, 6.07) is 6.70. The molecule has 0 spiro atoms. The van der Waals surface area contributed by atoms with Gasteiger partial charge in [-0.15, -0.1) is 0 Å². The zero-order chi connectivity index (χ0) is 12.6. The lowest BCUT2D eigenvalue weighted by Gasteiger charge is -2.09. The van der Waals surface area contributed by atoms with Crippen molar-refractivity contribution >= 4 is 29.2 Å². The Morgan fingerprint density at radius 1 is 1.24 bits per heavy atom. The number of aryl methyl sites for hydroxylation is 1. The molecule has 0 aliphatic carbocycles. The normalized spacial score (nSPS) is 10.5. The Morgan fingerprint density at radius 2 is 1.94 bits per heavy atom. The van der Waals surface area contributed by atoms with Gasteiger partial charge in [-0.3, -0.25) is 0 Å². The second kappa shape index (κ2) is 4.43. The van der Waals surface area contributed by atoms with Crippen LogP contribution in [0, 0.1) is 6.92 Å². The molecule has 5 heteroatoms. The fourth-order valence-corrected chi connectivity index (χ4v) is 2.00. The summed E-state index contributed by atoms with van der Waals surface area (Å²) < 4.78 is 1.52. The fourth-order valence-electron chi connectivity index (χ4n) is 1.64. The first-order valence-electron chi connectivity index (χ1n) is 4.87. The average molecular weight is 270 g/mol. The van der Waals surface area contributed by atoms with E-state index in [4.69, 9.17) is 28.3 Å². The molecule has 0 fully saturated rings. The Morgan fingerprint density at radius 3 is 2.59 bits per heavy atom. The van der Waals surface area contributed by atoms with E-state index in [0.717, 1.165) is 5.56 Å². The van der Waals surface area contributed by atoms with Gasteiger partial charge < -0.3 is 9.67 Å². The number of carboxylic acid groups (broad SMARTS) is 1. The first kappa shape index (κ1) is 12.0. The minimum Gasteiger partial charge on any atom is -0.477 e. The number of halogens is 2. The highest BCUT2D eigenvalue weighted by atomic mass is 35.5. The van der Waals surface area contributed by atoms with Gasteiger partial charge in [0.2, 0.25) is 0 Å². The van der Waals surface area contributed by atoms with Gasteiger partial charge in [-0.25, -0.2) is 4.79 Å². The summed E-state index contributed by atoms with van der Waals surface area (Å²) in [6.45, 7) is 1.88. The summed E-state index contributed by atoms with van der Waals surface area (Å²) in [7, 11) is 0. The number of carbonyl (C=O) groups is 1. The van der Waals surface area contributed by atoms with Gasteiger partial charge in [-0.2, -0.15) is 0 Å². The number of aromatic nitrogens is 1. The molecule has 1 aromatic carbocycles. The second-order valence-electron chi connectivity index (χ2n) is 3.65. The van der Waals surface area contributed by atoms with Crippen molar-refractivity contribution in [3.8, 4) is 5.69 Å². The number of hydrogen-bond acceptors (Lipinski definition) is 1. The van der Waals surface area contributed by atoms with Crippen LogP contribution < -0.4 is 0 Å². The summed E-state index contributed by atoms with van der Waals surface area (Å²) in [6.07, 6.45) is 1.56. The highest BCUT2D eigenvalue weighted by molar-refractivity contribution is 6.31. The van der Waals surface area contributed by atoms with Crippen molar-refractivity contribution in [2.75, 3.05) is 0 Å². The highest BCUT2D eigenvalue weighted by Crippen LogP contribution is 2.24. The van der Waals surface area contributed by atoms with E-state index >= 15 is 0 Å². The van der Waals surface area contributed by atoms with Gasteiger partial charge in [-0.1, -0.05) is 29.3 Å². The van der Waals surface area contributed by atoms with Gasteiger partial charge in [-0.05, 0) is 30.7 Å². The molecule has 0 saturated carbocycles. The van der Waals surface area contributed by atoms with E-state index in [1.165, 1.54) is 10.6 Å². The zero-order valence-electron chi connectivity index (χ0n) is 8.95. The summed E-state index contributed by atoms with van der Waals surface area (Å²) in [5.41, 5.74) is 1.74. The summed E-state index contributed by atoms with van der Waals surface area (Å²) in [5, 5.41) is 10.0. The molecular weight excluding hydrogens is 261 g/mol. The van der Waals surface area contributed by atoms with Crippen molar-refractivity contribution in [3.63, 3.8) is 0 Å². The molecule has 0 amide bonds. The molecule has 88 valence electrons. The fraction of sp³-hybridized carbons (Fsp3) is 0.0833. The van der Waals surface area contributed by atoms with Crippen LogP contribution in [0.1, 0.15) is 16.1 Å². The SMILES string of the molecule is Cc1ccc(Cl)cc1-n1cc(Cl)cc1C(=O)O. The molecule has 0 atom stereocenters. The van der Waals surface area contributed by atoms with E-state index in [-0.39, 0.29) is 5.69 Å². The quantitative estimate of drug-likeness (QED) is 0.902. The third-order valence-electron chi connectivity index (χ3n) is 2.44. The third-order valence-corrected chi connectivity index (χ3v) is 2.88. The first-order valence-corrected chi connectivity index (χ1v) is 5.62. The van der Waals surface area contributed by atoms with Crippen LogP contribution in [0.5, 0.6) is 0 Å². The van der Waals surface area contributed by atoms with Crippen molar-refractivity contribution in [2.24, 2.45) is 0 Å².